The highest BCUT2D eigenvalue weighted by atomic mass is 16.2. The van der Waals surface area contributed by atoms with E-state index in [2.05, 4.69) is 9.97 Å². The predicted molar refractivity (Wildman–Crippen MR) is 59.1 cm³/mol. The summed E-state index contributed by atoms with van der Waals surface area (Å²) < 4.78 is 0. The average molecular weight is 218 g/mol. The van der Waals surface area contributed by atoms with E-state index in [1.54, 1.807) is 11.1 Å². The molecule has 1 fully saturated rings. The van der Waals surface area contributed by atoms with Crippen molar-refractivity contribution in [1.29, 1.82) is 0 Å². The van der Waals surface area contributed by atoms with E-state index < -0.39 is 0 Å². The first-order chi connectivity index (χ1) is 7.79. The first kappa shape index (κ1) is 9.72. The monoisotopic (exact) mass is 218 g/mol. The number of carbonyl (C=O) groups excluding carboxylic acids is 1. The fraction of sp³-hybridized carbons (Fsp3) is 0.545. The van der Waals surface area contributed by atoms with Gasteiger partial charge in [0.15, 0.2) is 0 Å². The third-order valence-electron chi connectivity index (χ3n) is 3.05. The van der Waals surface area contributed by atoms with Crippen LogP contribution in [-0.2, 0) is 11.2 Å². The van der Waals surface area contributed by atoms with E-state index in [9.17, 15) is 4.79 Å². The molecule has 5 heteroatoms. The van der Waals surface area contributed by atoms with Gasteiger partial charge in [0, 0.05) is 30.8 Å². The molecule has 16 heavy (non-hydrogen) atoms. The number of anilines is 1. The number of hydrogen-bond acceptors (Lipinski definition) is 4. The molecule has 2 heterocycles. The summed E-state index contributed by atoms with van der Waals surface area (Å²) in [6.07, 6.45) is 4.55. The molecule has 0 bridgehead atoms. The molecule has 84 valence electrons. The van der Waals surface area contributed by atoms with Crippen LogP contribution < -0.4 is 10.6 Å². The van der Waals surface area contributed by atoms with Crippen molar-refractivity contribution >= 4 is 11.7 Å². The van der Waals surface area contributed by atoms with Crippen molar-refractivity contribution in [2.75, 3.05) is 18.0 Å². The van der Waals surface area contributed by atoms with E-state index in [0.717, 1.165) is 17.2 Å². The third kappa shape index (κ3) is 1.48. The lowest BCUT2D eigenvalue weighted by Gasteiger charge is -2.15. The zero-order valence-corrected chi connectivity index (χ0v) is 9.02. The topological polar surface area (TPSA) is 72.1 Å². The van der Waals surface area contributed by atoms with Gasteiger partial charge in [0.2, 0.25) is 5.91 Å². The summed E-state index contributed by atoms with van der Waals surface area (Å²) in [4.78, 5) is 22.2. The van der Waals surface area contributed by atoms with E-state index in [1.807, 2.05) is 0 Å². The summed E-state index contributed by atoms with van der Waals surface area (Å²) in [5, 5.41) is 0. The van der Waals surface area contributed by atoms with Gasteiger partial charge in [0.25, 0.3) is 0 Å². The van der Waals surface area contributed by atoms with Crippen molar-refractivity contribution in [1.82, 2.24) is 9.97 Å². The Balaban J connectivity index is 1.96. The van der Waals surface area contributed by atoms with Crippen LogP contribution in [0.15, 0.2) is 6.20 Å². The lowest BCUT2D eigenvalue weighted by atomic mass is 10.2. The van der Waals surface area contributed by atoms with Gasteiger partial charge in [-0.15, -0.1) is 0 Å². The van der Waals surface area contributed by atoms with Crippen molar-refractivity contribution in [3.05, 3.63) is 17.6 Å². The molecular weight excluding hydrogens is 204 g/mol. The second kappa shape index (κ2) is 3.52. The van der Waals surface area contributed by atoms with Crippen LogP contribution in [0.5, 0.6) is 0 Å². The number of nitrogens with two attached hydrogens (primary N) is 1. The maximum absolute atomic E-state index is 11.7. The fourth-order valence-corrected chi connectivity index (χ4v) is 2.04. The van der Waals surface area contributed by atoms with Crippen LogP contribution in [0.2, 0.25) is 0 Å². The molecular formula is C11H14N4O. The molecule has 0 unspecified atom stereocenters. The molecule has 2 aliphatic rings. The number of fused-ring (bicyclic) bond motifs is 1. The molecule has 0 atom stereocenters. The lowest BCUT2D eigenvalue weighted by Crippen LogP contribution is -2.32. The normalized spacial score (nSPS) is 19.1. The second-order valence-corrected chi connectivity index (χ2v) is 4.36. The van der Waals surface area contributed by atoms with Crippen LogP contribution in [-0.4, -0.2) is 29.0 Å². The molecule has 1 aromatic heterocycles. The predicted octanol–water partition coefficient (Wildman–Crippen LogP) is 0.202. The number of nitrogens with zero attached hydrogens (tertiary/aromatic N) is 3. The van der Waals surface area contributed by atoms with Gasteiger partial charge in [0.1, 0.15) is 11.6 Å². The molecule has 3 rings (SSSR count). The zero-order valence-electron chi connectivity index (χ0n) is 9.02. The molecule has 0 radical (unpaired) electrons. The Labute approximate surface area is 93.7 Å². The molecule has 0 saturated heterocycles. The van der Waals surface area contributed by atoms with Crippen molar-refractivity contribution in [3.8, 4) is 0 Å². The van der Waals surface area contributed by atoms with Gasteiger partial charge in [-0.3, -0.25) is 9.69 Å². The van der Waals surface area contributed by atoms with Gasteiger partial charge in [-0.25, -0.2) is 9.97 Å². The van der Waals surface area contributed by atoms with E-state index in [-0.39, 0.29) is 5.91 Å². The Morgan fingerprint density at radius 3 is 3.00 bits per heavy atom. The molecule has 2 N–H and O–H groups in total. The van der Waals surface area contributed by atoms with Crippen molar-refractivity contribution in [3.63, 3.8) is 0 Å². The third-order valence-corrected chi connectivity index (χ3v) is 3.05. The van der Waals surface area contributed by atoms with Gasteiger partial charge >= 0.3 is 0 Å². The van der Waals surface area contributed by atoms with E-state index in [1.165, 1.54) is 12.8 Å². The summed E-state index contributed by atoms with van der Waals surface area (Å²) in [6.45, 7) is 1.01. The van der Waals surface area contributed by atoms with Crippen LogP contribution in [0.1, 0.15) is 30.1 Å². The maximum atomic E-state index is 11.7. The number of carbonyl (C=O) groups is 1. The van der Waals surface area contributed by atoms with Crippen LogP contribution in [0.4, 0.5) is 5.82 Å². The number of hydrogen-bond donors (Lipinski definition) is 1. The molecule has 1 aliphatic carbocycles. The van der Waals surface area contributed by atoms with Crippen molar-refractivity contribution in [2.45, 2.75) is 25.2 Å². The summed E-state index contributed by atoms with van der Waals surface area (Å²) >= 11 is 0. The quantitative estimate of drug-likeness (QED) is 0.786. The highest BCUT2D eigenvalue weighted by Crippen LogP contribution is 2.39. The minimum atomic E-state index is 0.0858. The lowest BCUT2D eigenvalue weighted by molar-refractivity contribution is -0.117. The van der Waals surface area contributed by atoms with Gasteiger partial charge in [-0.2, -0.15) is 0 Å². The zero-order chi connectivity index (χ0) is 11.1. The van der Waals surface area contributed by atoms with Gasteiger partial charge in [-0.1, -0.05) is 0 Å². The standard InChI is InChI=1S/C11H14N4O/c12-3-4-15-9(16)5-8-6-13-10(7-1-2-7)14-11(8)15/h6-7H,1-5,12H2. The van der Waals surface area contributed by atoms with Crippen molar-refractivity contribution < 1.29 is 4.79 Å². The number of amides is 1. The van der Waals surface area contributed by atoms with Crippen LogP contribution in [0.3, 0.4) is 0 Å². The van der Waals surface area contributed by atoms with Gasteiger partial charge in [0.05, 0.1) is 6.42 Å². The molecule has 1 amide bonds. The van der Waals surface area contributed by atoms with Crippen LogP contribution in [0.25, 0.3) is 0 Å². The highest BCUT2D eigenvalue weighted by Gasteiger charge is 2.32. The smallest absolute Gasteiger partial charge is 0.232 e. The first-order valence-corrected chi connectivity index (χ1v) is 5.66. The summed E-state index contributed by atoms with van der Waals surface area (Å²) in [6, 6.07) is 0. The number of aromatic nitrogens is 2. The van der Waals surface area contributed by atoms with E-state index in [4.69, 9.17) is 5.73 Å². The first-order valence-electron chi connectivity index (χ1n) is 5.66. The largest absolute Gasteiger partial charge is 0.329 e. The van der Waals surface area contributed by atoms with Crippen LogP contribution >= 0.6 is 0 Å². The Morgan fingerprint density at radius 1 is 1.50 bits per heavy atom. The Bertz CT molecular complexity index is 442. The summed E-state index contributed by atoms with van der Waals surface area (Å²) in [5.41, 5.74) is 6.43. The number of rotatable bonds is 3. The summed E-state index contributed by atoms with van der Waals surface area (Å²) in [7, 11) is 0. The average Bonchev–Trinajstić information content (AvgIpc) is 3.07. The Morgan fingerprint density at radius 2 is 2.31 bits per heavy atom. The van der Waals surface area contributed by atoms with Gasteiger partial charge in [-0.05, 0) is 12.8 Å². The highest BCUT2D eigenvalue weighted by molar-refractivity contribution is 6.00. The SMILES string of the molecule is NCCN1C(=O)Cc2cnc(C3CC3)nc21. The molecule has 0 aromatic carbocycles. The van der Waals surface area contributed by atoms with Gasteiger partial charge < -0.3 is 5.73 Å². The fourth-order valence-electron chi connectivity index (χ4n) is 2.04. The second-order valence-electron chi connectivity index (χ2n) is 4.36. The minimum absolute atomic E-state index is 0.0858. The van der Waals surface area contributed by atoms with Crippen LogP contribution in [0, 0.1) is 0 Å². The Kier molecular flexibility index (Phi) is 2.14. The maximum Gasteiger partial charge on any atom is 0.232 e. The van der Waals surface area contributed by atoms with Crippen molar-refractivity contribution in [2.24, 2.45) is 5.73 Å². The van der Waals surface area contributed by atoms with E-state index >= 15 is 0 Å². The Hall–Kier alpha value is -1.49. The van der Waals surface area contributed by atoms with E-state index in [0.29, 0.717) is 25.4 Å². The summed E-state index contributed by atoms with van der Waals surface area (Å²) in [5.74, 6) is 2.27. The molecule has 0 spiro atoms. The molecule has 1 aliphatic heterocycles. The molecule has 1 saturated carbocycles. The minimum Gasteiger partial charge on any atom is -0.329 e. The molecule has 1 aromatic rings. The molecule has 5 nitrogen and oxygen atoms in total.